The van der Waals surface area contributed by atoms with Crippen LogP contribution in [0.4, 0.5) is 17.1 Å². The Morgan fingerprint density at radius 1 is 0.522 bits per heavy atom. The zero-order chi connectivity index (χ0) is 44.3. The largest absolute Gasteiger partial charge is 0.456 e. The summed E-state index contributed by atoms with van der Waals surface area (Å²) >= 11 is 0. The number of fused-ring (bicyclic) bond motifs is 8. The summed E-state index contributed by atoms with van der Waals surface area (Å²) in [5.41, 5.74) is 18.0. The van der Waals surface area contributed by atoms with Crippen molar-refractivity contribution in [2.75, 3.05) is 4.90 Å². The lowest BCUT2D eigenvalue weighted by molar-refractivity contribution is 0.476. The maximum Gasteiger partial charge on any atom is 0.151 e. The Balaban J connectivity index is 0.961. The highest BCUT2D eigenvalue weighted by atomic mass is 16.5. The quantitative estimate of drug-likeness (QED) is 0.181. The van der Waals surface area contributed by atoms with Crippen LogP contribution < -0.4 is 15.0 Å². The van der Waals surface area contributed by atoms with Gasteiger partial charge in [-0.3, -0.25) is 4.99 Å². The zero-order valence-corrected chi connectivity index (χ0v) is 36.8. The molecule has 0 saturated carbocycles. The number of hydrogen-bond acceptors (Lipinski definition) is 5. The second kappa shape index (κ2) is 16.2. The number of anilines is 3. The predicted molar refractivity (Wildman–Crippen MR) is 274 cm³/mol. The molecule has 0 radical (unpaired) electrons. The summed E-state index contributed by atoms with van der Waals surface area (Å²) in [5, 5.41) is 5.91. The summed E-state index contributed by atoms with van der Waals surface area (Å²) in [6.45, 7) is 0. The van der Waals surface area contributed by atoms with Crippen LogP contribution in [0.25, 0.3) is 49.9 Å². The number of rotatable bonds is 6. The molecule has 13 rings (SSSR count). The number of aliphatic imine (C=N–C) groups is 1. The van der Waals surface area contributed by atoms with E-state index in [1.54, 1.807) is 0 Å². The zero-order valence-electron chi connectivity index (χ0n) is 36.8. The smallest absolute Gasteiger partial charge is 0.151 e. The SMILES string of the molecule is C1=C(c2ccccc2)NC(c2ccccc2)=NC(c2cccc3oc4ccc(-c5ccc6c(c5)-c5cc7c(cc5CCC6c5ccccc5)Oc5ccccc5N7c5ccccc5)cc4c23)C1. The molecule has 1 aromatic heterocycles. The highest BCUT2D eigenvalue weighted by molar-refractivity contribution is 6.09. The summed E-state index contributed by atoms with van der Waals surface area (Å²) in [7, 11) is 0. The molecule has 0 fully saturated rings. The fourth-order valence-electron chi connectivity index (χ4n) is 10.6. The number of para-hydroxylation sites is 3. The van der Waals surface area contributed by atoms with E-state index >= 15 is 0 Å². The average Bonchev–Trinajstić information content (AvgIpc) is 3.51. The monoisotopic (exact) mass is 863 g/mol. The first kappa shape index (κ1) is 39.0. The van der Waals surface area contributed by atoms with Crippen molar-refractivity contribution in [1.29, 1.82) is 0 Å². The molecule has 320 valence electrons. The number of hydrogen-bond donors (Lipinski definition) is 1. The molecule has 9 aromatic carbocycles. The third-order valence-electron chi connectivity index (χ3n) is 13.8. The molecule has 2 aliphatic heterocycles. The highest BCUT2D eigenvalue weighted by Gasteiger charge is 2.31. The fraction of sp³-hybridized carbons (Fsp3) is 0.0806. The molecule has 0 bridgehead atoms. The normalized spacial score (nSPS) is 16.3. The molecule has 67 heavy (non-hydrogen) atoms. The summed E-state index contributed by atoms with van der Waals surface area (Å²) in [6.07, 6.45) is 4.94. The Morgan fingerprint density at radius 2 is 1.24 bits per heavy atom. The molecule has 0 spiro atoms. The Labute approximate surface area is 390 Å². The first-order valence-electron chi connectivity index (χ1n) is 23.3. The summed E-state index contributed by atoms with van der Waals surface area (Å²) in [5.74, 6) is 2.82. The minimum atomic E-state index is -0.145. The van der Waals surface area contributed by atoms with Gasteiger partial charge >= 0.3 is 0 Å². The molecule has 0 saturated heterocycles. The Morgan fingerprint density at radius 3 is 2.06 bits per heavy atom. The van der Waals surface area contributed by atoms with E-state index in [1.807, 2.05) is 12.1 Å². The van der Waals surface area contributed by atoms with Crippen LogP contribution in [0.1, 0.15) is 58.2 Å². The van der Waals surface area contributed by atoms with Crippen LogP contribution in [-0.4, -0.2) is 5.84 Å². The van der Waals surface area contributed by atoms with Gasteiger partial charge in [-0.15, -0.1) is 0 Å². The Bertz CT molecular complexity index is 3560. The van der Waals surface area contributed by atoms with Crippen molar-refractivity contribution < 1.29 is 9.15 Å². The molecule has 5 heteroatoms. The number of nitrogens with zero attached hydrogens (tertiary/aromatic N) is 2. The number of benzene rings is 9. The number of nitrogens with one attached hydrogen (secondary N) is 1. The van der Waals surface area contributed by atoms with Crippen LogP contribution in [0, 0.1) is 0 Å². The van der Waals surface area contributed by atoms with Crippen LogP contribution in [-0.2, 0) is 6.42 Å². The van der Waals surface area contributed by atoms with Gasteiger partial charge in [0.15, 0.2) is 11.5 Å². The molecule has 3 heterocycles. The van der Waals surface area contributed by atoms with Gasteiger partial charge in [0.25, 0.3) is 0 Å². The Hall–Kier alpha value is -8.41. The molecule has 3 aliphatic rings. The first-order chi connectivity index (χ1) is 33.2. The van der Waals surface area contributed by atoms with Crippen molar-refractivity contribution in [3.05, 3.63) is 252 Å². The van der Waals surface area contributed by atoms with Crippen molar-refractivity contribution in [3.8, 4) is 33.8 Å². The fourth-order valence-corrected chi connectivity index (χ4v) is 10.6. The van der Waals surface area contributed by atoms with Gasteiger partial charge in [-0.2, -0.15) is 0 Å². The predicted octanol–water partition coefficient (Wildman–Crippen LogP) is 16.1. The summed E-state index contributed by atoms with van der Waals surface area (Å²) < 4.78 is 13.4. The maximum absolute atomic E-state index is 6.75. The second-order valence-corrected chi connectivity index (χ2v) is 17.8. The van der Waals surface area contributed by atoms with Gasteiger partial charge in [-0.05, 0) is 130 Å². The molecule has 2 atom stereocenters. The van der Waals surface area contributed by atoms with Crippen LogP contribution in [0.3, 0.4) is 0 Å². The van der Waals surface area contributed by atoms with E-state index < -0.39 is 0 Å². The van der Waals surface area contributed by atoms with Gasteiger partial charge in [0, 0.05) is 33.6 Å². The number of amidine groups is 1. The van der Waals surface area contributed by atoms with Crippen LogP contribution in [0.2, 0.25) is 0 Å². The van der Waals surface area contributed by atoms with E-state index in [1.165, 1.54) is 27.8 Å². The molecule has 1 aliphatic carbocycles. The molecular formula is C62H45N3O2. The van der Waals surface area contributed by atoms with Crippen molar-refractivity contribution in [2.45, 2.75) is 31.2 Å². The number of ether oxygens (including phenoxy) is 1. The van der Waals surface area contributed by atoms with E-state index in [4.69, 9.17) is 14.1 Å². The van der Waals surface area contributed by atoms with Crippen LogP contribution >= 0.6 is 0 Å². The average molecular weight is 864 g/mol. The molecule has 1 N–H and O–H groups in total. The standard InChI is InChI=1S/C62H45N3O2/c1-5-16-40(17-6-1)47-31-29-45-38-60-56(65(46-22-11-4-12-23-46)55-25-13-14-26-58(55)67-60)39-50(45)51-36-43(28-32-48(47)51)44-30-35-57-52(37-44)61-49(24-15-27-59(61)66-57)54-34-33-53(41-18-7-2-8-19-41)63-62(64-54)42-20-9-3-10-21-42/h1-28,30,32-33,35-39,47,54H,29,31,34H2,(H,63,64). The molecular weight excluding hydrogens is 819 g/mol. The minimum absolute atomic E-state index is 0.145. The third-order valence-corrected chi connectivity index (χ3v) is 13.8. The van der Waals surface area contributed by atoms with E-state index in [9.17, 15) is 0 Å². The molecule has 0 amide bonds. The summed E-state index contributed by atoms with van der Waals surface area (Å²) in [6, 6.07) is 75.7. The van der Waals surface area contributed by atoms with E-state index in [0.717, 1.165) is 109 Å². The number of furan rings is 1. The third kappa shape index (κ3) is 6.90. The minimum Gasteiger partial charge on any atom is -0.456 e. The van der Waals surface area contributed by atoms with Crippen molar-refractivity contribution in [1.82, 2.24) is 5.32 Å². The highest BCUT2D eigenvalue weighted by Crippen LogP contribution is 2.54. The lowest BCUT2D eigenvalue weighted by Crippen LogP contribution is -2.22. The first-order valence-corrected chi connectivity index (χ1v) is 23.3. The lowest BCUT2D eigenvalue weighted by atomic mass is 9.84. The molecule has 5 nitrogen and oxygen atoms in total. The number of aryl methyl sites for hydroxylation is 1. The van der Waals surface area contributed by atoms with E-state index in [2.05, 4.69) is 216 Å². The Kier molecular flexibility index (Phi) is 9.45. The van der Waals surface area contributed by atoms with E-state index in [0.29, 0.717) is 0 Å². The van der Waals surface area contributed by atoms with Gasteiger partial charge in [-0.1, -0.05) is 158 Å². The van der Waals surface area contributed by atoms with Gasteiger partial charge < -0.3 is 19.4 Å². The second-order valence-electron chi connectivity index (χ2n) is 17.8. The molecule has 10 aromatic rings. The topological polar surface area (TPSA) is 50.0 Å². The van der Waals surface area contributed by atoms with Gasteiger partial charge in [0.1, 0.15) is 17.0 Å². The van der Waals surface area contributed by atoms with Crippen molar-refractivity contribution >= 4 is 50.5 Å². The van der Waals surface area contributed by atoms with Gasteiger partial charge in [0.2, 0.25) is 0 Å². The molecule has 2 unspecified atom stereocenters. The van der Waals surface area contributed by atoms with Crippen LogP contribution in [0.15, 0.2) is 228 Å². The van der Waals surface area contributed by atoms with Gasteiger partial charge in [0.05, 0.1) is 17.4 Å². The summed E-state index contributed by atoms with van der Waals surface area (Å²) in [4.78, 5) is 7.84. The van der Waals surface area contributed by atoms with Gasteiger partial charge in [-0.25, -0.2) is 0 Å². The van der Waals surface area contributed by atoms with Crippen LogP contribution in [0.5, 0.6) is 11.5 Å². The lowest BCUT2D eigenvalue weighted by Gasteiger charge is -2.33. The maximum atomic E-state index is 6.75. The van der Waals surface area contributed by atoms with Crippen molar-refractivity contribution in [2.24, 2.45) is 4.99 Å². The van der Waals surface area contributed by atoms with Crippen molar-refractivity contribution in [3.63, 3.8) is 0 Å². The van der Waals surface area contributed by atoms with E-state index in [-0.39, 0.29) is 12.0 Å².